The van der Waals surface area contributed by atoms with Crippen LogP contribution in [-0.4, -0.2) is 18.0 Å². The second kappa shape index (κ2) is 4.55. The van der Waals surface area contributed by atoms with Crippen LogP contribution in [0.4, 0.5) is 0 Å². The Balaban J connectivity index is 2.32. The van der Waals surface area contributed by atoms with E-state index in [-0.39, 0.29) is 5.91 Å². The van der Waals surface area contributed by atoms with Gasteiger partial charge in [0.15, 0.2) is 0 Å². The summed E-state index contributed by atoms with van der Waals surface area (Å²) in [7, 11) is 1.56. The van der Waals surface area contributed by atoms with Crippen LogP contribution >= 0.6 is 0 Å². The number of aryl methyl sites for hydroxylation is 1. The van der Waals surface area contributed by atoms with E-state index < -0.39 is 0 Å². The molecule has 1 amide bonds. The van der Waals surface area contributed by atoms with Crippen LogP contribution in [0.25, 0.3) is 10.8 Å². The monoisotopic (exact) mass is 228 g/mol. The number of rotatable bonds is 2. The van der Waals surface area contributed by atoms with Crippen LogP contribution in [-0.2, 0) is 11.2 Å². The molecule has 0 unspecified atom stereocenters. The lowest BCUT2D eigenvalue weighted by molar-refractivity contribution is -0.129. The largest absolute Gasteiger partial charge is 0.284 e. The smallest absolute Gasteiger partial charge is 0.240 e. The molecule has 88 valence electrons. The third kappa shape index (κ3) is 2.63. The van der Waals surface area contributed by atoms with Gasteiger partial charge in [0.25, 0.3) is 0 Å². The van der Waals surface area contributed by atoms with Gasteiger partial charge in [-0.2, -0.15) is 0 Å². The van der Waals surface area contributed by atoms with Crippen LogP contribution in [0.3, 0.4) is 0 Å². The first-order valence-electron chi connectivity index (χ1n) is 5.57. The summed E-state index contributed by atoms with van der Waals surface area (Å²) in [4.78, 5) is 11.5. The van der Waals surface area contributed by atoms with Crippen molar-refractivity contribution >= 4 is 16.7 Å². The molecule has 0 aliphatic rings. The van der Waals surface area contributed by atoms with E-state index in [0.29, 0.717) is 6.42 Å². The molecular formula is C14H16N2O. The number of hydrazine groups is 1. The molecular weight excluding hydrogens is 212 g/mol. The molecule has 0 atom stereocenters. The Bertz CT molecular complexity index is 561. The SMILES string of the molecule is Cc1ccc2cc(CC(=O)N(C)N)ccc2c1. The summed E-state index contributed by atoms with van der Waals surface area (Å²) in [6.07, 6.45) is 0.344. The molecule has 0 heterocycles. The lowest BCUT2D eigenvalue weighted by atomic mass is 10.0. The first kappa shape index (κ1) is 11.6. The fraction of sp³-hybridized carbons (Fsp3) is 0.214. The predicted octanol–water partition coefficient (Wildman–Crippen LogP) is 2.02. The maximum Gasteiger partial charge on any atom is 0.240 e. The highest BCUT2D eigenvalue weighted by Crippen LogP contribution is 2.18. The quantitative estimate of drug-likeness (QED) is 0.485. The fourth-order valence-corrected chi connectivity index (χ4v) is 1.82. The van der Waals surface area contributed by atoms with Crippen molar-refractivity contribution in [3.63, 3.8) is 0 Å². The number of benzene rings is 2. The van der Waals surface area contributed by atoms with Gasteiger partial charge in [0.2, 0.25) is 5.91 Å². The number of likely N-dealkylation sites (N-methyl/N-ethyl adjacent to an activating group) is 1. The topological polar surface area (TPSA) is 46.3 Å². The van der Waals surface area contributed by atoms with Gasteiger partial charge in [-0.15, -0.1) is 0 Å². The summed E-state index contributed by atoms with van der Waals surface area (Å²) in [6, 6.07) is 12.3. The van der Waals surface area contributed by atoms with E-state index in [1.54, 1.807) is 7.05 Å². The minimum absolute atomic E-state index is 0.0866. The molecule has 17 heavy (non-hydrogen) atoms. The van der Waals surface area contributed by atoms with Gasteiger partial charge >= 0.3 is 0 Å². The summed E-state index contributed by atoms with van der Waals surface area (Å²) in [5.41, 5.74) is 2.23. The summed E-state index contributed by atoms with van der Waals surface area (Å²) < 4.78 is 0. The molecule has 0 radical (unpaired) electrons. The van der Waals surface area contributed by atoms with E-state index in [0.717, 1.165) is 16.0 Å². The Morgan fingerprint density at radius 1 is 1.18 bits per heavy atom. The van der Waals surface area contributed by atoms with Crippen LogP contribution in [0.15, 0.2) is 36.4 Å². The molecule has 0 saturated heterocycles. The van der Waals surface area contributed by atoms with E-state index in [1.165, 1.54) is 10.9 Å². The standard InChI is InChI=1S/C14H16N2O/c1-10-3-5-13-8-11(4-6-12(13)7-10)9-14(17)16(2)15/h3-8H,9,15H2,1-2H3. The normalized spacial score (nSPS) is 10.5. The summed E-state index contributed by atoms with van der Waals surface area (Å²) >= 11 is 0. The average molecular weight is 228 g/mol. The second-order valence-electron chi connectivity index (χ2n) is 4.37. The Morgan fingerprint density at radius 2 is 1.82 bits per heavy atom. The average Bonchev–Trinajstić information content (AvgIpc) is 2.29. The molecule has 0 fully saturated rings. The Kier molecular flexibility index (Phi) is 3.11. The molecule has 0 saturated carbocycles. The molecule has 0 aliphatic heterocycles. The third-order valence-electron chi connectivity index (χ3n) is 2.81. The molecule has 2 aromatic carbocycles. The number of nitrogens with two attached hydrogens (primary N) is 1. The van der Waals surface area contributed by atoms with Crippen molar-refractivity contribution in [2.75, 3.05) is 7.05 Å². The third-order valence-corrected chi connectivity index (χ3v) is 2.81. The van der Waals surface area contributed by atoms with Crippen molar-refractivity contribution in [2.24, 2.45) is 5.84 Å². The first-order valence-corrected chi connectivity index (χ1v) is 5.57. The number of carbonyl (C=O) groups is 1. The summed E-state index contributed by atoms with van der Waals surface area (Å²) in [5.74, 6) is 5.31. The Labute approximate surface area is 101 Å². The molecule has 2 rings (SSSR count). The lowest BCUT2D eigenvalue weighted by Crippen LogP contribution is -2.34. The van der Waals surface area contributed by atoms with Crippen LogP contribution in [0.2, 0.25) is 0 Å². The summed E-state index contributed by atoms with van der Waals surface area (Å²) in [6.45, 7) is 2.07. The summed E-state index contributed by atoms with van der Waals surface area (Å²) in [5, 5.41) is 3.47. The van der Waals surface area contributed by atoms with Crippen molar-refractivity contribution in [3.05, 3.63) is 47.5 Å². The van der Waals surface area contributed by atoms with Crippen LogP contribution in [0, 0.1) is 6.92 Å². The molecule has 0 aromatic heterocycles. The van der Waals surface area contributed by atoms with Gasteiger partial charge in [-0.3, -0.25) is 9.80 Å². The minimum Gasteiger partial charge on any atom is -0.284 e. The van der Waals surface area contributed by atoms with Gasteiger partial charge in [-0.1, -0.05) is 42.0 Å². The van der Waals surface area contributed by atoms with Crippen LogP contribution in [0.5, 0.6) is 0 Å². The van der Waals surface area contributed by atoms with E-state index in [9.17, 15) is 4.79 Å². The number of fused-ring (bicyclic) bond motifs is 1. The maximum atomic E-state index is 11.5. The number of carbonyl (C=O) groups excluding carboxylic acids is 1. The number of nitrogens with zero attached hydrogens (tertiary/aromatic N) is 1. The van der Waals surface area contributed by atoms with Gasteiger partial charge in [0, 0.05) is 7.05 Å². The lowest BCUT2D eigenvalue weighted by Gasteiger charge is -2.10. The maximum absolute atomic E-state index is 11.5. The van der Waals surface area contributed by atoms with E-state index >= 15 is 0 Å². The van der Waals surface area contributed by atoms with Crippen LogP contribution < -0.4 is 5.84 Å². The molecule has 0 bridgehead atoms. The molecule has 2 N–H and O–H groups in total. The van der Waals surface area contributed by atoms with Crippen molar-refractivity contribution in [1.82, 2.24) is 5.01 Å². The minimum atomic E-state index is -0.0866. The second-order valence-corrected chi connectivity index (χ2v) is 4.37. The van der Waals surface area contributed by atoms with Crippen molar-refractivity contribution in [2.45, 2.75) is 13.3 Å². The number of hydrogen-bond acceptors (Lipinski definition) is 2. The molecule has 3 heteroatoms. The highest BCUT2D eigenvalue weighted by atomic mass is 16.2. The Morgan fingerprint density at radius 3 is 2.53 bits per heavy atom. The van der Waals surface area contributed by atoms with Crippen molar-refractivity contribution in [1.29, 1.82) is 0 Å². The number of hydrogen-bond donors (Lipinski definition) is 1. The van der Waals surface area contributed by atoms with Crippen molar-refractivity contribution < 1.29 is 4.79 Å². The zero-order valence-corrected chi connectivity index (χ0v) is 10.1. The van der Waals surface area contributed by atoms with E-state index in [2.05, 4.69) is 25.1 Å². The van der Waals surface area contributed by atoms with Gasteiger partial charge < -0.3 is 0 Å². The van der Waals surface area contributed by atoms with Gasteiger partial charge in [-0.25, -0.2) is 5.84 Å². The molecule has 0 aliphatic carbocycles. The number of amides is 1. The zero-order chi connectivity index (χ0) is 12.4. The van der Waals surface area contributed by atoms with Gasteiger partial charge in [0.1, 0.15) is 0 Å². The zero-order valence-electron chi connectivity index (χ0n) is 10.1. The predicted molar refractivity (Wildman–Crippen MR) is 69.3 cm³/mol. The first-order chi connectivity index (χ1) is 8.06. The van der Waals surface area contributed by atoms with Crippen LogP contribution in [0.1, 0.15) is 11.1 Å². The van der Waals surface area contributed by atoms with Gasteiger partial charge in [0.05, 0.1) is 6.42 Å². The van der Waals surface area contributed by atoms with E-state index in [4.69, 9.17) is 5.84 Å². The highest BCUT2D eigenvalue weighted by Gasteiger charge is 2.06. The van der Waals surface area contributed by atoms with Gasteiger partial charge in [-0.05, 0) is 23.3 Å². The Hall–Kier alpha value is -1.87. The molecule has 2 aromatic rings. The van der Waals surface area contributed by atoms with E-state index in [1.807, 2.05) is 18.2 Å². The highest BCUT2D eigenvalue weighted by molar-refractivity contribution is 5.85. The molecule has 3 nitrogen and oxygen atoms in total. The fourth-order valence-electron chi connectivity index (χ4n) is 1.82. The molecule has 0 spiro atoms. The van der Waals surface area contributed by atoms with Crippen molar-refractivity contribution in [3.8, 4) is 0 Å².